The van der Waals surface area contributed by atoms with Crippen LogP contribution in [0.5, 0.6) is 5.75 Å². The van der Waals surface area contributed by atoms with Gasteiger partial charge >= 0.3 is 11.9 Å². The Hall–Kier alpha value is -2.84. The molecular weight excluding hydrogens is 580 g/mol. The molecular formula is C38H62N2O6. The standard InChI is InChI=1S/C38H62N2O6/c1-6-10-11-12-13-14-15-16-17-18-19-20-21-23-30-24-22-25-32(44-7-2)34(30)36-33(37(41)45-8-3)29(5)40-31(28-43-27-26-39)35(36)38(42)46-9-4/h22,24-25,36,40H,6-21,23,26-28,39H2,1-5H3. The first-order valence-corrected chi connectivity index (χ1v) is 18.0. The van der Waals surface area contributed by atoms with E-state index in [2.05, 4.69) is 18.3 Å². The summed E-state index contributed by atoms with van der Waals surface area (Å²) in [7, 11) is 0. The van der Waals surface area contributed by atoms with E-state index >= 15 is 0 Å². The predicted octanol–water partition coefficient (Wildman–Crippen LogP) is 8.04. The molecule has 46 heavy (non-hydrogen) atoms. The van der Waals surface area contributed by atoms with E-state index in [0.29, 0.717) is 48.0 Å². The Morgan fingerprint density at radius 2 is 1.33 bits per heavy atom. The van der Waals surface area contributed by atoms with Gasteiger partial charge in [-0.25, -0.2) is 9.59 Å². The Morgan fingerprint density at radius 3 is 1.87 bits per heavy atom. The molecule has 0 aromatic heterocycles. The van der Waals surface area contributed by atoms with E-state index in [1.54, 1.807) is 13.8 Å². The molecule has 1 aliphatic heterocycles. The van der Waals surface area contributed by atoms with Crippen LogP contribution < -0.4 is 15.8 Å². The number of unbranched alkanes of at least 4 members (excludes halogenated alkanes) is 12. The summed E-state index contributed by atoms with van der Waals surface area (Å²) in [6.07, 6.45) is 17.6. The lowest BCUT2D eigenvalue weighted by Gasteiger charge is -2.33. The number of hydrogen-bond donors (Lipinski definition) is 2. The first kappa shape index (κ1) is 39.3. The van der Waals surface area contributed by atoms with E-state index in [0.717, 1.165) is 30.4 Å². The lowest BCUT2D eigenvalue weighted by molar-refractivity contribution is -0.139. The number of carbonyl (C=O) groups excluding carboxylic acids is 2. The first-order valence-electron chi connectivity index (χ1n) is 18.0. The molecule has 8 nitrogen and oxygen atoms in total. The molecule has 1 aromatic carbocycles. The van der Waals surface area contributed by atoms with Crippen molar-refractivity contribution in [2.24, 2.45) is 5.73 Å². The number of ether oxygens (including phenoxy) is 4. The minimum Gasteiger partial charge on any atom is -0.494 e. The average molecular weight is 643 g/mol. The number of carbonyl (C=O) groups is 2. The van der Waals surface area contributed by atoms with E-state index in [1.165, 1.54) is 70.6 Å². The van der Waals surface area contributed by atoms with Crippen LogP contribution in [0.4, 0.5) is 0 Å². The van der Waals surface area contributed by atoms with Crippen molar-refractivity contribution in [2.75, 3.05) is 39.6 Å². The Balaban J connectivity index is 2.31. The van der Waals surface area contributed by atoms with Crippen molar-refractivity contribution >= 4 is 11.9 Å². The summed E-state index contributed by atoms with van der Waals surface area (Å²) in [5.74, 6) is -1.06. The molecule has 260 valence electrons. The molecule has 1 aliphatic rings. The predicted molar refractivity (Wildman–Crippen MR) is 186 cm³/mol. The number of nitrogens with two attached hydrogens (primary N) is 1. The molecule has 0 saturated carbocycles. The summed E-state index contributed by atoms with van der Waals surface area (Å²) >= 11 is 0. The Morgan fingerprint density at radius 1 is 0.761 bits per heavy atom. The van der Waals surface area contributed by atoms with Crippen molar-refractivity contribution < 1.29 is 28.5 Å². The summed E-state index contributed by atoms with van der Waals surface area (Å²) in [6.45, 7) is 11.3. The number of rotatable bonds is 25. The Bertz CT molecular complexity index is 1110. The molecule has 0 fully saturated rings. The SMILES string of the molecule is CCCCCCCCCCCCCCCc1cccc(OCC)c1C1C(C(=O)OCC)=C(C)NC(COCCN)=C1C(=O)OCC. The highest BCUT2D eigenvalue weighted by Crippen LogP contribution is 2.45. The molecule has 0 bridgehead atoms. The summed E-state index contributed by atoms with van der Waals surface area (Å²) in [4.78, 5) is 27.3. The maximum atomic E-state index is 13.7. The van der Waals surface area contributed by atoms with Crippen molar-refractivity contribution in [3.8, 4) is 5.75 Å². The van der Waals surface area contributed by atoms with Gasteiger partial charge in [-0.1, -0.05) is 96.1 Å². The summed E-state index contributed by atoms with van der Waals surface area (Å²) < 4.78 is 23.1. The monoisotopic (exact) mass is 642 g/mol. The molecule has 0 saturated heterocycles. The minimum absolute atomic E-state index is 0.125. The van der Waals surface area contributed by atoms with E-state index in [1.807, 2.05) is 26.0 Å². The molecule has 3 N–H and O–H groups in total. The molecule has 0 amide bonds. The molecule has 8 heteroatoms. The average Bonchev–Trinajstić information content (AvgIpc) is 3.03. The second kappa shape index (κ2) is 23.5. The number of nitrogens with one attached hydrogen (secondary N) is 1. The fourth-order valence-corrected chi connectivity index (χ4v) is 6.24. The van der Waals surface area contributed by atoms with E-state index in [-0.39, 0.29) is 19.8 Å². The van der Waals surface area contributed by atoms with Crippen molar-refractivity contribution in [2.45, 2.75) is 130 Å². The molecule has 0 aliphatic carbocycles. The van der Waals surface area contributed by atoms with Crippen molar-refractivity contribution in [3.05, 3.63) is 51.9 Å². The fourth-order valence-electron chi connectivity index (χ4n) is 6.24. The summed E-state index contributed by atoms with van der Waals surface area (Å²) in [5.41, 5.74) is 9.44. The maximum absolute atomic E-state index is 13.7. The van der Waals surface area contributed by atoms with Gasteiger partial charge in [0.05, 0.1) is 55.8 Å². The molecule has 1 heterocycles. The highest BCUT2D eigenvalue weighted by Gasteiger charge is 2.41. The smallest absolute Gasteiger partial charge is 0.336 e. The minimum atomic E-state index is -0.740. The normalized spacial score (nSPS) is 14.8. The van der Waals surface area contributed by atoms with Gasteiger partial charge in [-0.05, 0) is 52.2 Å². The second-order valence-electron chi connectivity index (χ2n) is 12.0. The van der Waals surface area contributed by atoms with Crippen molar-refractivity contribution in [1.29, 1.82) is 0 Å². The van der Waals surface area contributed by atoms with E-state index in [9.17, 15) is 9.59 Å². The van der Waals surface area contributed by atoms with E-state index < -0.39 is 17.9 Å². The zero-order valence-electron chi connectivity index (χ0n) is 29.5. The first-order chi connectivity index (χ1) is 22.4. The molecule has 0 radical (unpaired) electrons. The van der Waals surface area contributed by atoms with E-state index in [4.69, 9.17) is 24.7 Å². The van der Waals surface area contributed by atoms with Crippen LogP contribution in [0.1, 0.15) is 135 Å². The van der Waals surface area contributed by atoms with Crippen molar-refractivity contribution in [1.82, 2.24) is 5.32 Å². The van der Waals surface area contributed by atoms with Crippen LogP contribution in [0.15, 0.2) is 40.7 Å². The number of hydrogen-bond acceptors (Lipinski definition) is 8. The van der Waals surface area contributed by atoms with Crippen LogP contribution in [0.3, 0.4) is 0 Å². The van der Waals surface area contributed by atoms with Gasteiger partial charge in [0.1, 0.15) is 5.75 Å². The van der Waals surface area contributed by atoms with Gasteiger partial charge in [0, 0.05) is 17.8 Å². The van der Waals surface area contributed by atoms with Crippen LogP contribution in [0.2, 0.25) is 0 Å². The van der Waals surface area contributed by atoms with Gasteiger partial charge in [-0.2, -0.15) is 0 Å². The number of esters is 2. The highest BCUT2D eigenvalue weighted by atomic mass is 16.5. The molecule has 1 aromatic rings. The summed E-state index contributed by atoms with van der Waals surface area (Å²) in [6, 6.07) is 6.00. The lowest BCUT2D eigenvalue weighted by Crippen LogP contribution is -2.35. The topological polar surface area (TPSA) is 109 Å². The van der Waals surface area contributed by atoms with Crippen LogP contribution in [-0.2, 0) is 30.2 Å². The third-order valence-corrected chi connectivity index (χ3v) is 8.44. The van der Waals surface area contributed by atoms with Gasteiger partial charge in [-0.3, -0.25) is 0 Å². The van der Waals surface area contributed by atoms with Gasteiger partial charge < -0.3 is 30.0 Å². The number of aryl methyl sites for hydroxylation is 1. The molecule has 2 rings (SSSR count). The van der Waals surface area contributed by atoms with Gasteiger partial charge in [-0.15, -0.1) is 0 Å². The number of allylic oxidation sites excluding steroid dienone is 1. The van der Waals surface area contributed by atoms with Crippen LogP contribution >= 0.6 is 0 Å². The van der Waals surface area contributed by atoms with Crippen LogP contribution in [0, 0.1) is 0 Å². The van der Waals surface area contributed by atoms with Crippen LogP contribution in [-0.4, -0.2) is 51.5 Å². The van der Waals surface area contributed by atoms with Gasteiger partial charge in [0.2, 0.25) is 0 Å². The summed E-state index contributed by atoms with van der Waals surface area (Å²) in [5, 5.41) is 3.27. The number of benzene rings is 1. The molecule has 1 atom stereocenters. The second-order valence-corrected chi connectivity index (χ2v) is 12.0. The Kier molecular flexibility index (Phi) is 20.1. The zero-order valence-corrected chi connectivity index (χ0v) is 29.5. The van der Waals surface area contributed by atoms with Crippen molar-refractivity contribution in [3.63, 3.8) is 0 Å². The zero-order chi connectivity index (χ0) is 33.6. The van der Waals surface area contributed by atoms with Gasteiger partial charge in [0.25, 0.3) is 0 Å². The molecule has 0 spiro atoms. The third kappa shape index (κ3) is 12.7. The lowest BCUT2D eigenvalue weighted by atomic mass is 9.77. The Labute approximate surface area is 278 Å². The third-order valence-electron chi connectivity index (χ3n) is 8.44. The molecule has 1 unspecified atom stereocenters. The largest absolute Gasteiger partial charge is 0.494 e. The van der Waals surface area contributed by atoms with Crippen LogP contribution in [0.25, 0.3) is 0 Å². The number of dihydropyridines is 1. The fraction of sp³-hybridized carbons (Fsp3) is 0.684. The quantitative estimate of drug-likeness (QED) is 0.0815. The van der Waals surface area contributed by atoms with Gasteiger partial charge in [0.15, 0.2) is 0 Å². The highest BCUT2D eigenvalue weighted by molar-refractivity contribution is 6.00. The maximum Gasteiger partial charge on any atom is 0.336 e.